The summed E-state index contributed by atoms with van der Waals surface area (Å²) in [6, 6.07) is 9.78. The molecule has 0 aliphatic carbocycles. The Morgan fingerprint density at radius 2 is 1.95 bits per heavy atom. The number of halogens is 2. The number of hydrogen-bond acceptors (Lipinski definition) is 3. The summed E-state index contributed by atoms with van der Waals surface area (Å²) in [4.78, 5) is 0. The van der Waals surface area contributed by atoms with Gasteiger partial charge in [-0.25, -0.2) is 4.39 Å². The van der Waals surface area contributed by atoms with Gasteiger partial charge in [-0.2, -0.15) is 0 Å². The number of rotatable bonds is 4. The van der Waals surface area contributed by atoms with E-state index in [1.807, 2.05) is 0 Å². The molecular formula is C14H12BrFN2O2. The molecule has 0 heterocycles. The summed E-state index contributed by atoms with van der Waals surface area (Å²) >= 11 is 3.07. The van der Waals surface area contributed by atoms with Crippen molar-refractivity contribution >= 4 is 21.8 Å². The lowest BCUT2D eigenvalue weighted by Crippen LogP contribution is -2.12. The van der Waals surface area contributed by atoms with Crippen molar-refractivity contribution in [3.63, 3.8) is 0 Å². The van der Waals surface area contributed by atoms with E-state index in [4.69, 9.17) is 20.6 Å². The van der Waals surface area contributed by atoms with Crippen LogP contribution in [0.1, 0.15) is 5.56 Å². The third-order valence-electron chi connectivity index (χ3n) is 2.61. The van der Waals surface area contributed by atoms with E-state index < -0.39 is 5.82 Å². The Morgan fingerprint density at radius 1 is 1.25 bits per heavy atom. The van der Waals surface area contributed by atoms with E-state index in [-0.39, 0.29) is 21.6 Å². The second kappa shape index (κ2) is 5.92. The first-order chi connectivity index (χ1) is 9.52. The lowest BCUT2D eigenvalue weighted by molar-refractivity contribution is 0.405. The van der Waals surface area contributed by atoms with E-state index >= 15 is 0 Å². The largest absolute Gasteiger partial charge is 0.497 e. The predicted octanol–water partition coefficient (Wildman–Crippen LogP) is 3.67. The van der Waals surface area contributed by atoms with E-state index in [9.17, 15) is 4.39 Å². The van der Waals surface area contributed by atoms with Gasteiger partial charge in [0, 0.05) is 11.6 Å². The molecule has 0 aromatic heterocycles. The van der Waals surface area contributed by atoms with Crippen LogP contribution in [0.2, 0.25) is 0 Å². The number of nitrogens with one attached hydrogen (secondary N) is 1. The molecule has 0 amide bonds. The number of methoxy groups -OCH3 is 1. The normalized spacial score (nSPS) is 10.2. The molecule has 0 saturated heterocycles. The number of amidine groups is 1. The maximum Gasteiger partial charge on any atom is 0.180 e. The Labute approximate surface area is 124 Å². The van der Waals surface area contributed by atoms with Gasteiger partial charge in [-0.15, -0.1) is 0 Å². The zero-order chi connectivity index (χ0) is 14.7. The minimum atomic E-state index is -0.611. The van der Waals surface area contributed by atoms with E-state index in [1.165, 1.54) is 19.2 Å². The van der Waals surface area contributed by atoms with Crippen LogP contribution in [0.5, 0.6) is 17.2 Å². The lowest BCUT2D eigenvalue weighted by Gasteiger charge is -2.11. The Morgan fingerprint density at radius 3 is 2.60 bits per heavy atom. The van der Waals surface area contributed by atoms with E-state index in [2.05, 4.69) is 15.9 Å². The average Bonchev–Trinajstić information content (AvgIpc) is 2.44. The molecular weight excluding hydrogens is 327 g/mol. The molecule has 20 heavy (non-hydrogen) atoms. The molecule has 2 rings (SSSR count). The minimum Gasteiger partial charge on any atom is -0.497 e. The van der Waals surface area contributed by atoms with Crippen LogP contribution in [0.3, 0.4) is 0 Å². The van der Waals surface area contributed by atoms with Gasteiger partial charge in [0.1, 0.15) is 17.3 Å². The molecule has 6 heteroatoms. The summed E-state index contributed by atoms with van der Waals surface area (Å²) in [5, 5.41) is 7.34. The Kier molecular flexibility index (Phi) is 4.24. The van der Waals surface area contributed by atoms with E-state index in [1.54, 1.807) is 24.3 Å². The van der Waals surface area contributed by atoms with E-state index in [0.717, 1.165) is 0 Å². The summed E-state index contributed by atoms with van der Waals surface area (Å²) < 4.78 is 24.8. The zero-order valence-electron chi connectivity index (χ0n) is 10.6. The number of nitrogens with two attached hydrogens (primary N) is 1. The number of ether oxygens (including phenoxy) is 2. The smallest absolute Gasteiger partial charge is 0.180 e. The molecule has 0 atom stereocenters. The summed E-state index contributed by atoms with van der Waals surface area (Å²) in [7, 11) is 1.54. The van der Waals surface area contributed by atoms with Gasteiger partial charge in [0.05, 0.1) is 11.6 Å². The topological polar surface area (TPSA) is 68.3 Å². The minimum absolute atomic E-state index is 0.0372. The monoisotopic (exact) mass is 338 g/mol. The van der Waals surface area contributed by atoms with Crippen molar-refractivity contribution in [2.45, 2.75) is 0 Å². The fraction of sp³-hybridized carbons (Fsp3) is 0.0714. The molecule has 0 bridgehead atoms. The Hall–Kier alpha value is -2.08. The molecule has 0 aliphatic rings. The number of nitrogen functional groups attached to an aromatic ring is 1. The fourth-order valence-corrected chi connectivity index (χ4v) is 2.15. The Bertz CT molecular complexity index is 662. The van der Waals surface area contributed by atoms with Gasteiger partial charge in [-0.05, 0) is 40.2 Å². The van der Waals surface area contributed by atoms with Gasteiger partial charge in [0.25, 0.3) is 0 Å². The molecule has 0 spiro atoms. The molecule has 0 saturated carbocycles. The van der Waals surface area contributed by atoms with Crippen LogP contribution in [0.4, 0.5) is 4.39 Å². The third-order valence-corrected chi connectivity index (χ3v) is 3.38. The summed E-state index contributed by atoms with van der Waals surface area (Å²) in [6.07, 6.45) is 0. The standard InChI is InChI=1S/C14H12BrFN2O2/c1-19-8-3-2-4-9(7-8)20-11-6-5-10(14(17)18)12(15)13(11)16/h2-7H,1H3,(H3,17,18). The van der Waals surface area contributed by atoms with Crippen molar-refractivity contribution in [3.8, 4) is 17.2 Å². The Balaban J connectivity index is 2.34. The summed E-state index contributed by atoms with van der Waals surface area (Å²) in [6.45, 7) is 0. The van der Waals surface area contributed by atoms with Crippen LogP contribution >= 0.6 is 15.9 Å². The highest BCUT2D eigenvalue weighted by atomic mass is 79.9. The first kappa shape index (κ1) is 14.3. The van der Waals surface area contributed by atoms with Gasteiger partial charge in [0.2, 0.25) is 0 Å². The molecule has 4 nitrogen and oxygen atoms in total. The van der Waals surface area contributed by atoms with Crippen LogP contribution in [0.25, 0.3) is 0 Å². The quantitative estimate of drug-likeness (QED) is 0.660. The van der Waals surface area contributed by atoms with Gasteiger partial charge in [0.15, 0.2) is 11.6 Å². The molecule has 0 unspecified atom stereocenters. The molecule has 2 aromatic rings. The van der Waals surface area contributed by atoms with Crippen molar-refractivity contribution < 1.29 is 13.9 Å². The fourth-order valence-electron chi connectivity index (χ4n) is 1.61. The maximum absolute atomic E-state index is 14.1. The predicted molar refractivity (Wildman–Crippen MR) is 78.2 cm³/mol. The van der Waals surface area contributed by atoms with Crippen LogP contribution in [0.15, 0.2) is 40.9 Å². The second-order valence-corrected chi connectivity index (χ2v) is 4.73. The highest BCUT2D eigenvalue weighted by Crippen LogP contribution is 2.32. The summed E-state index contributed by atoms with van der Waals surface area (Å²) in [5.74, 6) is 0.271. The van der Waals surface area contributed by atoms with Crippen molar-refractivity contribution in [2.75, 3.05) is 7.11 Å². The van der Waals surface area contributed by atoms with Gasteiger partial charge in [-0.3, -0.25) is 5.41 Å². The van der Waals surface area contributed by atoms with Crippen LogP contribution in [0, 0.1) is 11.2 Å². The van der Waals surface area contributed by atoms with Crippen LogP contribution in [-0.2, 0) is 0 Å². The third kappa shape index (κ3) is 2.91. The molecule has 3 N–H and O–H groups in total. The highest BCUT2D eigenvalue weighted by molar-refractivity contribution is 9.10. The van der Waals surface area contributed by atoms with Crippen LogP contribution in [-0.4, -0.2) is 12.9 Å². The number of hydrogen-bond donors (Lipinski definition) is 2. The van der Waals surface area contributed by atoms with Crippen LogP contribution < -0.4 is 15.2 Å². The van der Waals surface area contributed by atoms with Gasteiger partial charge in [-0.1, -0.05) is 6.07 Å². The lowest BCUT2D eigenvalue weighted by atomic mass is 10.2. The van der Waals surface area contributed by atoms with Gasteiger partial charge < -0.3 is 15.2 Å². The highest BCUT2D eigenvalue weighted by Gasteiger charge is 2.14. The second-order valence-electron chi connectivity index (χ2n) is 3.93. The molecule has 104 valence electrons. The first-order valence-corrected chi connectivity index (χ1v) is 6.46. The van der Waals surface area contributed by atoms with Crippen molar-refractivity contribution in [2.24, 2.45) is 5.73 Å². The molecule has 2 aromatic carbocycles. The van der Waals surface area contributed by atoms with Crippen molar-refractivity contribution in [3.05, 3.63) is 52.3 Å². The maximum atomic E-state index is 14.1. The summed E-state index contributed by atoms with van der Waals surface area (Å²) in [5.41, 5.74) is 5.63. The average molecular weight is 339 g/mol. The number of benzene rings is 2. The van der Waals surface area contributed by atoms with Crippen molar-refractivity contribution in [1.82, 2.24) is 0 Å². The molecule has 0 aliphatic heterocycles. The zero-order valence-corrected chi connectivity index (χ0v) is 12.2. The molecule has 0 fully saturated rings. The van der Waals surface area contributed by atoms with Gasteiger partial charge >= 0.3 is 0 Å². The molecule has 0 radical (unpaired) electrons. The van der Waals surface area contributed by atoms with E-state index in [0.29, 0.717) is 11.5 Å². The first-order valence-electron chi connectivity index (χ1n) is 5.67. The van der Waals surface area contributed by atoms with Crippen molar-refractivity contribution in [1.29, 1.82) is 5.41 Å². The SMILES string of the molecule is COc1cccc(Oc2ccc(C(=N)N)c(Br)c2F)c1.